The minimum atomic E-state index is -0.832. The molecule has 0 aliphatic heterocycles. The fraction of sp³-hybridized carbons (Fsp3) is 0.800. The summed E-state index contributed by atoms with van der Waals surface area (Å²) in [5, 5.41) is 0. The van der Waals surface area contributed by atoms with E-state index in [1.54, 1.807) is 0 Å². The highest BCUT2D eigenvalue weighted by atomic mass is 28.3. The Morgan fingerprint density at radius 2 is 1.91 bits per heavy atom. The largest absolute Gasteiger partial charge is 0.0919 e. The Morgan fingerprint density at radius 1 is 1.27 bits per heavy atom. The number of allylic oxidation sites excluding steroid dienone is 2. The average molecular weight is 170 g/mol. The molecule has 0 spiro atoms. The number of unbranched alkanes of at least 4 members (excludes halogenated alkanes) is 1. The lowest BCUT2D eigenvalue weighted by molar-refractivity contribution is 0.866. The summed E-state index contributed by atoms with van der Waals surface area (Å²) < 4.78 is 0. The molecule has 0 aromatic rings. The molecule has 0 rings (SSSR count). The molecule has 1 heteroatoms. The molecular formula is C10H22Si. The Bertz CT molecular complexity index is 114. The van der Waals surface area contributed by atoms with Crippen LogP contribution < -0.4 is 0 Å². The first-order valence-electron chi connectivity index (χ1n) is 4.73. The zero-order valence-electron chi connectivity index (χ0n) is 8.48. The summed E-state index contributed by atoms with van der Waals surface area (Å²) in [6.07, 6.45) is 7.30. The lowest BCUT2D eigenvalue weighted by atomic mass is 10.4. The molecule has 0 atom stereocenters. The summed E-state index contributed by atoms with van der Waals surface area (Å²) in [5.74, 6) is 0. The van der Waals surface area contributed by atoms with Gasteiger partial charge in [-0.05, 0) is 13.0 Å². The maximum Gasteiger partial charge on any atom is 0.0511 e. The van der Waals surface area contributed by atoms with Crippen molar-refractivity contribution in [1.82, 2.24) is 0 Å². The molecule has 66 valence electrons. The van der Waals surface area contributed by atoms with Crippen molar-refractivity contribution < 1.29 is 0 Å². The first-order valence-corrected chi connectivity index (χ1v) is 8.15. The van der Waals surface area contributed by atoms with Gasteiger partial charge in [0.2, 0.25) is 0 Å². The van der Waals surface area contributed by atoms with E-state index in [0.717, 1.165) is 0 Å². The van der Waals surface area contributed by atoms with E-state index in [1.165, 1.54) is 24.9 Å². The smallest absolute Gasteiger partial charge is 0.0511 e. The van der Waals surface area contributed by atoms with Crippen LogP contribution in [-0.4, -0.2) is 8.07 Å². The van der Waals surface area contributed by atoms with Crippen molar-refractivity contribution in [2.45, 2.75) is 51.9 Å². The van der Waals surface area contributed by atoms with E-state index in [9.17, 15) is 0 Å². The predicted molar refractivity (Wildman–Crippen MR) is 56.8 cm³/mol. The van der Waals surface area contributed by atoms with Crippen LogP contribution in [0.5, 0.6) is 0 Å². The first-order chi connectivity index (χ1) is 5.12. The second kappa shape index (κ2) is 5.59. The first kappa shape index (κ1) is 11.0. The van der Waals surface area contributed by atoms with Gasteiger partial charge in [-0.1, -0.05) is 51.1 Å². The van der Waals surface area contributed by atoms with Crippen molar-refractivity contribution in [2.24, 2.45) is 0 Å². The Hall–Kier alpha value is -0.0431. The highest BCUT2D eigenvalue weighted by molar-refractivity contribution is 6.77. The van der Waals surface area contributed by atoms with Gasteiger partial charge in [0, 0.05) is 0 Å². The highest BCUT2D eigenvalue weighted by Gasteiger charge is 2.16. The monoisotopic (exact) mass is 170 g/mol. The van der Waals surface area contributed by atoms with Gasteiger partial charge in [-0.3, -0.25) is 0 Å². The summed E-state index contributed by atoms with van der Waals surface area (Å²) >= 11 is 0. The Labute approximate surface area is 72.7 Å². The van der Waals surface area contributed by atoms with Gasteiger partial charge < -0.3 is 0 Å². The summed E-state index contributed by atoms with van der Waals surface area (Å²) in [6.45, 7) is 9.37. The van der Waals surface area contributed by atoms with Crippen LogP contribution in [0.15, 0.2) is 12.2 Å². The van der Waals surface area contributed by atoms with Crippen molar-refractivity contribution in [2.75, 3.05) is 0 Å². The van der Waals surface area contributed by atoms with Crippen LogP contribution in [0.2, 0.25) is 25.2 Å². The molecule has 0 radical (unpaired) electrons. The van der Waals surface area contributed by atoms with Crippen molar-refractivity contribution in [3.8, 4) is 0 Å². The Balaban J connectivity index is 3.60. The summed E-state index contributed by atoms with van der Waals surface area (Å²) in [6, 6.07) is 2.86. The van der Waals surface area contributed by atoms with Gasteiger partial charge in [-0.25, -0.2) is 0 Å². The lowest BCUT2D eigenvalue weighted by Crippen LogP contribution is -2.23. The molecule has 11 heavy (non-hydrogen) atoms. The fourth-order valence-corrected chi connectivity index (χ4v) is 3.58. The van der Waals surface area contributed by atoms with Crippen molar-refractivity contribution >= 4 is 8.07 Å². The van der Waals surface area contributed by atoms with E-state index in [-0.39, 0.29) is 0 Å². The molecule has 0 saturated heterocycles. The van der Waals surface area contributed by atoms with Crippen LogP contribution in [-0.2, 0) is 0 Å². The van der Waals surface area contributed by atoms with E-state index in [1.807, 2.05) is 0 Å². The molecular weight excluding hydrogens is 148 g/mol. The van der Waals surface area contributed by atoms with Crippen LogP contribution >= 0.6 is 0 Å². The van der Waals surface area contributed by atoms with E-state index >= 15 is 0 Å². The van der Waals surface area contributed by atoms with Gasteiger partial charge in [-0.2, -0.15) is 0 Å². The van der Waals surface area contributed by atoms with Crippen LogP contribution in [0.1, 0.15) is 26.7 Å². The van der Waals surface area contributed by atoms with Gasteiger partial charge >= 0.3 is 0 Å². The molecule has 0 nitrogen and oxygen atoms in total. The van der Waals surface area contributed by atoms with Crippen LogP contribution in [0.3, 0.4) is 0 Å². The minimum Gasteiger partial charge on any atom is -0.0919 e. The second-order valence-electron chi connectivity index (χ2n) is 4.04. The van der Waals surface area contributed by atoms with Crippen molar-refractivity contribution in [3.05, 3.63) is 12.2 Å². The summed E-state index contributed by atoms with van der Waals surface area (Å²) in [4.78, 5) is 0. The molecule has 0 fully saturated rings. The zero-order chi connectivity index (χ0) is 8.74. The second-order valence-corrected chi connectivity index (χ2v) is 9.28. The van der Waals surface area contributed by atoms with Crippen LogP contribution in [0, 0.1) is 0 Å². The molecule has 0 heterocycles. The SMILES string of the molecule is C/C=C/C[Si](C)(C)CCCC. The van der Waals surface area contributed by atoms with E-state index in [2.05, 4.69) is 39.1 Å². The van der Waals surface area contributed by atoms with E-state index in [4.69, 9.17) is 0 Å². The normalized spacial score (nSPS) is 12.7. The van der Waals surface area contributed by atoms with Crippen LogP contribution in [0.25, 0.3) is 0 Å². The summed E-state index contributed by atoms with van der Waals surface area (Å²) in [7, 11) is -0.832. The van der Waals surface area contributed by atoms with Gasteiger partial charge in [0.05, 0.1) is 8.07 Å². The zero-order valence-corrected chi connectivity index (χ0v) is 9.48. The van der Waals surface area contributed by atoms with Crippen molar-refractivity contribution in [3.63, 3.8) is 0 Å². The molecule has 0 amide bonds. The molecule has 0 bridgehead atoms. The van der Waals surface area contributed by atoms with E-state index < -0.39 is 8.07 Å². The quantitative estimate of drug-likeness (QED) is 0.431. The molecule has 0 aromatic heterocycles. The highest BCUT2D eigenvalue weighted by Crippen LogP contribution is 2.18. The van der Waals surface area contributed by atoms with Gasteiger partial charge in [0.15, 0.2) is 0 Å². The number of rotatable bonds is 5. The number of hydrogen-bond donors (Lipinski definition) is 0. The fourth-order valence-electron chi connectivity index (χ4n) is 1.19. The molecule has 0 unspecified atom stereocenters. The third kappa shape index (κ3) is 6.36. The minimum absolute atomic E-state index is 0.832. The topological polar surface area (TPSA) is 0 Å². The molecule has 0 aromatic carbocycles. The molecule has 0 N–H and O–H groups in total. The maximum atomic E-state index is 2.49. The van der Waals surface area contributed by atoms with Crippen molar-refractivity contribution in [1.29, 1.82) is 0 Å². The maximum absolute atomic E-state index is 2.49. The average Bonchev–Trinajstić information content (AvgIpc) is 1.97. The predicted octanol–water partition coefficient (Wildman–Crippen LogP) is 4.07. The third-order valence-electron chi connectivity index (χ3n) is 2.11. The Morgan fingerprint density at radius 3 is 2.36 bits per heavy atom. The third-order valence-corrected chi connectivity index (χ3v) is 5.16. The lowest BCUT2D eigenvalue weighted by Gasteiger charge is -2.19. The van der Waals surface area contributed by atoms with Gasteiger partial charge in [0.25, 0.3) is 0 Å². The standard InChI is InChI=1S/C10H22Si/c1-5-7-9-11(3,4)10-8-6-2/h5,7H,6,8-10H2,1-4H3/b7-5+. The van der Waals surface area contributed by atoms with Gasteiger partial charge in [-0.15, -0.1) is 0 Å². The summed E-state index contributed by atoms with van der Waals surface area (Å²) in [5.41, 5.74) is 0. The number of hydrogen-bond acceptors (Lipinski definition) is 0. The Kier molecular flexibility index (Phi) is 5.57. The van der Waals surface area contributed by atoms with Crippen LogP contribution in [0.4, 0.5) is 0 Å². The molecule has 0 saturated carbocycles. The molecule has 0 aliphatic rings. The van der Waals surface area contributed by atoms with Gasteiger partial charge in [0.1, 0.15) is 0 Å². The van der Waals surface area contributed by atoms with E-state index in [0.29, 0.717) is 0 Å². The molecule has 0 aliphatic carbocycles.